The predicted octanol–water partition coefficient (Wildman–Crippen LogP) is 3.50. The van der Waals surface area contributed by atoms with Gasteiger partial charge >= 0.3 is 0 Å². The third kappa shape index (κ3) is 6.50. The van der Waals surface area contributed by atoms with Gasteiger partial charge in [0.25, 0.3) is 0 Å². The molecule has 1 aromatic rings. The molecule has 0 N–H and O–H groups in total. The van der Waals surface area contributed by atoms with Gasteiger partial charge in [-0.05, 0) is 6.42 Å². The van der Waals surface area contributed by atoms with Crippen LogP contribution < -0.4 is 0 Å². The van der Waals surface area contributed by atoms with Crippen molar-refractivity contribution < 1.29 is 20.1 Å². The van der Waals surface area contributed by atoms with E-state index < -0.39 is 0 Å². The summed E-state index contributed by atoms with van der Waals surface area (Å²) in [6.07, 6.45) is 8.61. The normalized spacial score (nSPS) is 13.4. The second-order valence-corrected chi connectivity index (χ2v) is 2.75. The summed E-state index contributed by atoms with van der Waals surface area (Å²) in [5.74, 6) is 0. The molecule has 0 aromatic heterocycles. The summed E-state index contributed by atoms with van der Waals surface area (Å²) in [5, 5.41) is 0. The Morgan fingerprint density at radius 3 is 2.15 bits per heavy atom. The van der Waals surface area contributed by atoms with Crippen molar-refractivity contribution in [3.8, 4) is 0 Å². The van der Waals surface area contributed by atoms with Crippen LogP contribution in [0.25, 0.3) is 0 Å². The van der Waals surface area contributed by atoms with Gasteiger partial charge < -0.3 is 0 Å². The summed E-state index contributed by atoms with van der Waals surface area (Å²) in [4.78, 5) is 0. The summed E-state index contributed by atoms with van der Waals surface area (Å²) in [6.45, 7) is 3.81. The molecule has 0 bridgehead atoms. The van der Waals surface area contributed by atoms with E-state index in [1.165, 1.54) is 12.0 Å². The molecule has 2 rings (SSSR count). The Bertz CT molecular complexity index is 225. The molecule has 0 fully saturated rings. The maximum atomic E-state index is 3.81. The van der Waals surface area contributed by atoms with Crippen LogP contribution in [0.3, 0.4) is 0 Å². The van der Waals surface area contributed by atoms with E-state index in [1.807, 2.05) is 30.3 Å². The zero-order valence-corrected chi connectivity index (χ0v) is 9.97. The molecule has 0 unspecified atom stereocenters. The Hall–Kier alpha value is -0.651. The fourth-order valence-corrected chi connectivity index (χ4v) is 0.973. The topological polar surface area (TPSA) is 0 Å². The first-order valence-electron chi connectivity index (χ1n) is 4.24. The summed E-state index contributed by atoms with van der Waals surface area (Å²) in [6, 6.07) is 10.0. The Balaban J connectivity index is 0.000000215. The molecule has 0 saturated carbocycles. The van der Waals surface area contributed by atoms with Crippen LogP contribution in [0.2, 0.25) is 0 Å². The van der Waals surface area contributed by atoms with Crippen LogP contribution in [0.1, 0.15) is 12.8 Å². The molecule has 0 nitrogen and oxygen atoms in total. The van der Waals surface area contributed by atoms with Crippen molar-refractivity contribution in [2.24, 2.45) is 0 Å². The van der Waals surface area contributed by atoms with Gasteiger partial charge in [-0.15, -0.1) is 12.2 Å². The van der Waals surface area contributed by atoms with E-state index in [0.717, 1.165) is 6.42 Å². The van der Waals surface area contributed by atoms with E-state index in [0.29, 0.717) is 0 Å². The first-order chi connectivity index (χ1) is 5.89. The van der Waals surface area contributed by atoms with E-state index in [4.69, 9.17) is 0 Å². The maximum absolute atomic E-state index is 3.81. The minimum atomic E-state index is 0. The monoisotopic (exact) mass is 351 g/mol. The Kier molecular flexibility index (Phi) is 7.57. The predicted molar refractivity (Wildman–Crippen MR) is 53.8 cm³/mol. The number of hydrogen-bond donors (Lipinski definition) is 0. The van der Waals surface area contributed by atoms with E-state index in [9.17, 15) is 0 Å². The SMILES string of the molecule is [CH2-]C1=CC=CCC1.[Ir].c1cc[cH-]c1. The Morgan fingerprint density at radius 2 is 1.92 bits per heavy atom. The van der Waals surface area contributed by atoms with Gasteiger partial charge in [-0.25, -0.2) is 30.7 Å². The van der Waals surface area contributed by atoms with Gasteiger partial charge in [-0.1, -0.05) is 6.42 Å². The fourth-order valence-electron chi connectivity index (χ4n) is 0.973. The molecule has 0 aliphatic heterocycles. The van der Waals surface area contributed by atoms with Crippen LogP contribution in [0.4, 0.5) is 0 Å². The third-order valence-electron chi connectivity index (χ3n) is 1.66. The third-order valence-corrected chi connectivity index (χ3v) is 1.66. The molecule has 1 aliphatic carbocycles. The maximum Gasteiger partial charge on any atom is 0 e. The van der Waals surface area contributed by atoms with Gasteiger partial charge in [0.05, 0.1) is 0 Å². The van der Waals surface area contributed by atoms with Crippen molar-refractivity contribution in [1.29, 1.82) is 0 Å². The second kappa shape index (κ2) is 7.97. The van der Waals surface area contributed by atoms with Crippen molar-refractivity contribution in [2.75, 3.05) is 0 Å². The summed E-state index contributed by atoms with van der Waals surface area (Å²) in [7, 11) is 0. The van der Waals surface area contributed by atoms with Crippen molar-refractivity contribution in [2.45, 2.75) is 12.8 Å². The Labute approximate surface area is 94.1 Å². The molecule has 1 aliphatic rings. The molecule has 1 radical (unpaired) electrons. The average Bonchev–Trinajstić information content (AvgIpc) is 2.62. The molecule has 13 heavy (non-hydrogen) atoms. The molecule has 0 spiro atoms. The first kappa shape index (κ1) is 12.3. The zero-order valence-electron chi connectivity index (χ0n) is 7.57. The van der Waals surface area contributed by atoms with E-state index in [-0.39, 0.29) is 20.1 Å². The second-order valence-electron chi connectivity index (χ2n) is 2.75. The standard InChI is InChI=1S/C7H9.C5H5.Ir/c1-7-5-3-2-4-6-7;1-2-4-5-3-1;/h2-3,5H,1,4,6H2;1-5H;/q2*-1;. The molecule has 1 aromatic carbocycles. The summed E-state index contributed by atoms with van der Waals surface area (Å²) in [5.41, 5.74) is 1.25. The molecule has 1 heteroatoms. The zero-order chi connectivity index (χ0) is 8.65. The van der Waals surface area contributed by atoms with Gasteiger partial charge in [0, 0.05) is 20.1 Å². The quantitative estimate of drug-likeness (QED) is 0.628. The van der Waals surface area contributed by atoms with Crippen molar-refractivity contribution in [3.63, 3.8) is 0 Å². The molecule has 73 valence electrons. The fraction of sp³-hybridized carbons (Fsp3) is 0.167. The molecule has 0 heterocycles. The molecule has 0 amide bonds. The molecule has 0 saturated heterocycles. The minimum absolute atomic E-state index is 0. The van der Waals surface area contributed by atoms with Crippen molar-refractivity contribution in [3.05, 3.63) is 61.1 Å². The largest absolute Gasteiger partial charge is 0.242 e. The Morgan fingerprint density at radius 1 is 1.23 bits per heavy atom. The smallest absolute Gasteiger partial charge is 0 e. The summed E-state index contributed by atoms with van der Waals surface area (Å²) >= 11 is 0. The van der Waals surface area contributed by atoms with Gasteiger partial charge in [-0.2, -0.15) is 18.2 Å². The van der Waals surface area contributed by atoms with Crippen LogP contribution >= 0.6 is 0 Å². The van der Waals surface area contributed by atoms with Crippen LogP contribution in [0.5, 0.6) is 0 Å². The van der Waals surface area contributed by atoms with Gasteiger partial charge in [0.1, 0.15) is 0 Å². The van der Waals surface area contributed by atoms with Crippen LogP contribution in [-0.4, -0.2) is 0 Å². The van der Waals surface area contributed by atoms with Crippen LogP contribution in [0, 0.1) is 6.92 Å². The molecular formula is C12H14Ir-2. The molecule has 0 atom stereocenters. The van der Waals surface area contributed by atoms with E-state index in [2.05, 4.69) is 25.2 Å². The average molecular weight is 350 g/mol. The minimum Gasteiger partial charge on any atom is -0.242 e. The summed E-state index contributed by atoms with van der Waals surface area (Å²) < 4.78 is 0. The van der Waals surface area contributed by atoms with E-state index in [1.54, 1.807) is 0 Å². The van der Waals surface area contributed by atoms with Crippen molar-refractivity contribution >= 4 is 0 Å². The number of hydrogen-bond acceptors (Lipinski definition) is 0. The van der Waals surface area contributed by atoms with Gasteiger partial charge in [0.2, 0.25) is 0 Å². The number of allylic oxidation sites excluding steroid dienone is 4. The van der Waals surface area contributed by atoms with Crippen LogP contribution in [-0.2, 0) is 20.1 Å². The van der Waals surface area contributed by atoms with Crippen LogP contribution in [0.15, 0.2) is 54.1 Å². The first-order valence-corrected chi connectivity index (χ1v) is 4.24. The van der Waals surface area contributed by atoms with Gasteiger partial charge in [0.15, 0.2) is 0 Å². The van der Waals surface area contributed by atoms with E-state index >= 15 is 0 Å². The molecular weight excluding hydrogens is 336 g/mol. The van der Waals surface area contributed by atoms with Crippen molar-refractivity contribution in [1.82, 2.24) is 0 Å². The number of rotatable bonds is 0. The van der Waals surface area contributed by atoms with Gasteiger partial charge in [-0.3, -0.25) is 0 Å².